The molecule has 0 aliphatic carbocycles. The Morgan fingerprint density at radius 1 is 0.962 bits per heavy atom. The van der Waals surface area contributed by atoms with Crippen molar-refractivity contribution in [1.29, 1.82) is 0 Å². The van der Waals surface area contributed by atoms with E-state index in [-0.39, 0.29) is 11.1 Å². The number of methoxy groups -OCH3 is 2. The molecule has 0 aliphatic heterocycles. The summed E-state index contributed by atoms with van der Waals surface area (Å²) in [5.74, 6) is -0.788. The van der Waals surface area contributed by atoms with E-state index < -0.39 is 11.9 Å². The lowest BCUT2D eigenvalue weighted by molar-refractivity contribution is 0.0558. The summed E-state index contributed by atoms with van der Waals surface area (Å²) in [6, 6.07) is 12.9. The fourth-order valence-electron chi connectivity index (χ4n) is 3.12. The first-order valence-electron chi connectivity index (χ1n) is 7.90. The largest absolute Gasteiger partial charge is 0.465 e. The quantitative estimate of drug-likeness (QED) is 0.575. The Bertz CT molecular complexity index is 1120. The maximum absolute atomic E-state index is 12.5. The molecule has 4 rings (SSSR count). The molecule has 0 saturated carbocycles. The van der Waals surface area contributed by atoms with E-state index in [0.29, 0.717) is 17.0 Å². The molecule has 3 aromatic heterocycles. The number of benzene rings is 1. The van der Waals surface area contributed by atoms with E-state index in [1.54, 1.807) is 28.8 Å². The van der Waals surface area contributed by atoms with Crippen molar-refractivity contribution in [3.05, 3.63) is 59.8 Å². The summed E-state index contributed by atoms with van der Waals surface area (Å²) in [6.07, 6.45) is 1.76. The van der Waals surface area contributed by atoms with E-state index in [9.17, 15) is 9.59 Å². The lowest BCUT2D eigenvalue weighted by atomic mass is 10.1. The van der Waals surface area contributed by atoms with Crippen LogP contribution in [-0.4, -0.2) is 40.5 Å². The van der Waals surface area contributed by atoms with Crippen molar-refractivity contribution < 1.29 is 19.1 Å². The van der Waals surface area contributed by atoms with E-state index in [4.69, 9.17) is 9.47 Å². The van der Waals surface area contributed by atoms with Crippen LogP contribution in [0.15, 0.2) is 48.7 Å². The van der Waals surface area contributed by atoms with Gasteiger partial charge < -0.3 is 18.9 Å². The molecule has 4 aromatic rings. The molecular weight excluding hydrogens is 334 g/mol. The van der Waals surface area contributed by atoms with Gasteiger partial charge in [0.15, 0.2) is 5.82 Å². The number of para-hydroxylation sites is 2. The van der Waals surface area contributed by atoms with Gasteiger partial charge in [-0.3, -0.25) is 0 Å². The van der Waals surface area contributed by atoms with Crippen molar-refractivity contribution in [2.75, 3.05) is 14.2 Å². The molecule has 0 amide bonds. The van der Waals surface area contributed by atoms with Gasteiger partial charge in [0.1, 0.15) is 16.8 Å². The number of hydrogen-bond acceptors (Lipinski definition) is 5. The Hall–Kier alpha value is -3.61. The third-order valence-electron chi connectivity index (χ3n) is 4.24. The van der Waals surface area contributed by atoms with Gasteiger partial charge in [-0.05, 0) is 24.3 Å². The molecule has 0 spiro atoms. The average molecular weight is 349 g/mol. The minimum Gasteiger partial charge on any atom is -0.465 e. The molecule has 0 unspecified atom stereocenters. The number of carbonyl (C=O) groups excluding carboxylic acids is 2. The number of pyridine rings is 1. The number of nitrogens with zero attached hydrogens (tertiary/aromatic N) is 2. The lowest BCUT2D eigenvalue weighted by Crippen LogP contribution is -2.10. The van der Waals surface area contributed by atoms with E-state index in [0.717, 1.165) is 11.0 Å². The molecule has 7 nitrogen and oxygen atoms in total. The molecule has 0 atom stereocenters. The molecule has 26 heavy (non-hydrogen) atoms. The van der Waals surface area contributed by atoms with Crippen LogP contribution >= 0.6 is 0 Å². The van der Waals surface area contributed by atoms with Crippen LogP contribution in [0, 0.1) is 0 Å². The molecule has 0 radical (unpaired) electrons. The van der Waals surface area contributed by atoms with Gasteiger partial charge in [0.05, 0.1) is 30.8 Å². The Morgan fingerprint density at radius 2 is 1.65 bits per heavy atom. The summed E-state index contributed by atoms with van der Waals surface area (Å²) in [5, 5.41) is 0. The molecule has 0 saturated heterocycles. The van der Waals surface area contributed by atoms with Crippen LogP contribution in [0.2, 0.25) is 0 Å². The molecule has 130 valence electrons. The topological polar surface area (TPSA) is 85.7 Å². The number of H-pyrrole nitrogens is 1. The maximum Gasteiger partial charge on any atom is 0.341 e. The summed E-state index contributed by atoms with van der Waals surface area (Å²) in [4.78, 5) is 32.7. The highest BCUT2D eigenvalue weighted by atomic mass is 16.5. The van der Waals surface area contributed by atoms with Gasteiger partial charge >= 0.3 is 11.9 Å². The third kappa shape index (κ3) is 2.25. The standard InChI is InChI=1S/C19H15N3O4/c1-25-18(23)14-13-9-5-6-10-22(13)16(15(14)19(24)26-2)17-20-11-7-3-4-8-12(11)21-17/h3-10H,1-2H3,(H,20,21). The number of nitrogens with one attached hydrogen (secondary N) is 1. The van der Waals surface area contributed by atoms with Gasteiger partial charge in [0, 0.05) is 6.20 Å². The molecule has 7 heteroatoms. The van der Waals surface area contributed by atoms with Gasteiger partial charge in [0.25, 0.3) is 0 Å². The first-order valence-corrected chi connectivity index (χ1v) is 7.90. The maximum atomic E-state index is 12.5. The van der Waals surface area contributed by atoms with Crippen molar-refractivity contribution in [2.24, 2.45) is 0 Å². The van der Waals surface area contributed by atoms with Crippen molar-refractivity contribution in [3.8, 4) is 11.5 Å². The summed E-state index contributed by atoms with van der Waals surface area (Å²) in [5.41, 5.74) is 2.83. The average Bonchev–Trinajstić information content (AvgIpc) is 3.25. The smallest absolute Gasteiger partial charge is 0.341 e. The van der Waals surface area contributed by atoms with Crippen LogP contribution in [0.1, 0.15) is 20.7 Å². The van der Waals surface area contributed by atoms with Crippen LogP contribution in [0.3, 0.4) is 0 Å². The lowest BCUT2D eigenvalue weighted by Gasteiger charge is -2.03. The van der Waals surface area contributed by atoms with E-state index in [2.05, 4.69) is 9.97 Å². The second-order valence-electron chi connectivity index (χ2n) is 5.64. The number of ether oxygens (including phenoxy) is 2. The SMILES string of the molecule is COC(=O)c1c(C(=O)OC)c2ccccn2c1-c1nc2ccccc2[nH]1. The van der Waals surface area contributed by atoms with Crippen LogP contribution < -0.4 is 0 Å². The van der Waals surface area contributed by atoms with Crippen LogP contribution in [0.25, 0.3) is 28.1 Å². The Balaban J connectivity index is 2.13. The monoisotopic (exact) mass is 349 g/mol. The van der Waals surface area contributed by atoms with Crippen molar-refractivity contribution >= 4 is 28.5 Å². The van der Waals surface area contributed by atoms with Gasteiger partial charge in [-0.1, -0.05) is 18.2 Å². The highest BCUT2D eigenvalue weighted by Gasteiger charge is 2.31. The van der Waals surface area contributed by atoms with Crippen LogP contribution in [0.4, 0.5) is 0 Å². The fourth-order valence-corrected chi connectivity index (χ4v) is 3.12. The summed E-state index contributed by atoms with van der Waals surface area (Å²) < 4.78 is 11.6. The van der Waals surface area contributed by atoms with Crippen molar-refractivity contribution in [1.82, 2.24) is 14.4 Å². The fraction of sp³-hybridized carbons (Fsp3) is 0.105. The van der Waals surface area contributed by atoms with Gasteiger partial charge in [-0.25, -0.2) is 14.6 Å². The highest BCUT2D eigenvalue weighted by Crippen LogP contribution is 2.32. The number of rotatable bonds is 3. The third-order valence-corrected chi connectivity index (χ3v) is 4.24. The normalized spacial score (nSPS) is 11.0. The minimum atomic E-state index is -0.635. The summed E-state index contributed by atoms with van der Waals surface area (Å²) >= 11 is 0. The predicted molar refractivity (Wildman–Crippen MR) is 95.2 cm³/mol. The first-order chi connectivity index (χ1) is 12.7. The van der Waals surface area contributed by atoms with E-state index >= 15 is 0 Å². The zero-order valence-electron chi connectivity index (χ0n) is 14.1. The molecule has 0 bridgehead atoms. The molecule has 3 heterocycles. The molecular formula is C19H15N3O4. The first kappa shape index (κ1) is 15.9. The number of hydrogen-bond donors (Lipinski definition) is 1. The molecule has 0 fully saturated rings. The Morgan fingerprint density at radius 3 is 2.38 bits per heavy atom. The second-order valence-corrected chi connectivity index (χ2v) is 5.64. The van der Waals surface area contributed by atoms with Gasteiger partial charge in [-0.2, -0.15) is 0 Å². The predicted octanol–water partition coefficient (Wildman–Crippen LogP) is 3.06. The Kier molecular flexibility index (Phi) is 3.69. The molecule has 1 aromatic carbocycles. The summed E-state index contributed by atoms with van der Waals surface area (Å²) in [7, 11) is 2.55. The van der Waals surface area contributed by atoms with E-state index in [1.165, 1.54) is 14.2 Å². The zero-order chi connectivity index (χ0) is 18.3. The van der Waals surface area contributed by atoms with Crippen LogP contribution in [-0.2, 0) is 9.47 Å². The number of esters is 2. The Labute approximate surface area is 148 Å². The minimum absolute atomic E-state index is 0.115. The van der Waals surface area contributed by atoms with Crippen molar-refractivity contribution in [3.63, 3.8) is 0 Å². The molecule has 1 N–H and O–H groups in total. The van der Waals surface area contributed by atoms with Crippen LogP contribution in [0.5, 0.6) is 0 Å². The number of aromatic nitrogens is 3. The highest BCUT2D eigenvalue weighted by molar-refractivity contribution is 6.12. The van der Waals surface area contributed by atoms with Gasteiger partial charge in [0.2, 0.25) is 0 Å². The number of carbonyl (C=O) groups is 2. The molecule has 0 aliphatic rings. The zero-order valence-corrected chi connectivity index (χ0v) is 14.1. The number of aromatic amines is 1. The van der Waals surface area contributed by atoms with Gasteiger partial charge in [-0.15, -0.1) is 0 Å². The number of fused-ring (bicyclic) bond motifs is 2. The number of imidazole rings is 1. The second kappa shape index (κ2) is 6.03. The van der Waals surface area contributed by atoms with Crippen molar-refractivity contribution in [2.45, 2.75) is 0 Å². The summed E-state index contributed by atoms with van der Waals surface area (Å²) in [6.45, 7) is 0. The van der Waals surface area contributed by atoms with E-state index in [1.807, 2.05) is 24.3 Å².